The highest BCUT2D eigenvalue weighted by Gasteiger charge is 2.29. The lowest BCUT2D eigenvalue weighted by molar-refractivity contribution is 0.0686. The zero-order chi connectivity index (χ0) is 20.4. The van der Waals surface area contributed by atoms with E-state index in [1.165, 1.54) is 7.11 Å². The van der Waals surface area contributed by atoms with Gasteiger partial charge in [0.15, 0.2) is 17.3 Å². The fourth-order valence-electron chi connectivity index (χ4n) is 3.54. The van der Waals surface area contributed by atoms with E-state index in [0.29, 0.717) is 0 Å². The average molecular weight is 391 g/mol. The number of ether oxygens (including phenoxy) is 2. The van der Waals surface area contributed by atoms with E-state index in [2.05, 4.69) is 15.3 Å². The summed E-state index contributed by atoms with van der Waals surface area (Å²) in [6, 6.07) is 16.0. The number of carboxylic acid groups (broad SMARTS) is 1. The minimum Gasteiger partial charge on any atom is -0.491 e. The molecule has 0 unspecified atom stereocenters. The molecule has 1 amide bonds. The van der Waals surface area contributed by atoms with Crippen LogP contribution in [0.4, 0.5) is 10.6 Å². The van der Waals surface area contributed by atoms with Gasteiger partial charge in [-0.3, -0.25) is 5.32 Å². The van der Waals surface area contributed by atoms with Gasteiger partial charge in [-0.05, 0) is 22.3 Å². The summed E-state index contributed by atoms with van der Waals surface area (Å²) >= 11 is 0. The van der Waals surface area contributed by atoms with Crippen LogP contribution in [0.1, 0.15) is 27.5 Å². The summed E-state index contributed by atoms with van der Waals surface area (Å²) in [4.78, 5) is 31.1. The summed E-state index contributed by atoms with van der Waals surface area (Å²) in [5.41, 5.74) is 4.08. The first-order valence-corrected chi connectivity index (χ1v) is 8.84. The van der Waals surface area contributed by atoms with Crippen LogP contribution in [0, 0.1) is 0 Å². The number of nitrogens with one attached hydrogen (secondary N) is 1. The SMILES string of the molecule is COc1c(NC(=O)OCC2c3ccccc3-c3ccccc32)ncnc1C(=O)O. The standard InChI is InChI=1S/C21H17N3O5/c1-28-18-17(20(25)26)22-11-23-19(18)24-21(27)29-10-16-14-8-4-2-6-12(14)13-7-3-5-9-15(13)16/h2-9,11,16H,10H2,1H3,(H,25,26)(H,22,23,24,27). The summed E-state index contributed by atoms with van der Waals surface area (Å²) in [5.74, 6) is -1.60. The van der Waals surface area contributed by atoms with Gasteiger partial charge in [-0.15, -0.1) is 0 Å². The molecule has 29 heavy (non-hydrogen) atoms. The number of hydrogen-bond acceptors (Lipinski definition) is 6. The van der Waals surface area contributed by atoms with Crippen molar-refractivity contribution in [3.8, 4) is 16.9 Å². The van der Waals surface area contributed by atoms with E-state index < -0.39 is 12.1 Å². The summed E-state index contributed by atoms with van der Waals surface area (Å²) < 4.78 is 10.5. The van der Waals surface area contributed by atoms with Crippen LogP contribution in [0.3, 0.4) is 0 Å². The quantitative estimate of drug-likeness (QED) is 0.684. The van der Waals surface area contributed by atoms with Crippen LogP contribution in [-0.4, -0.2) is 40.9 Å². The number of carbonyl (C=O) groups excluding carboxylic acids is 1. The van der Waals surface area contributed by atoms with Crippen LogP contribution >= 0.6 is 0 Å². The van der Waals surface area contributed by atoms with E-state index >= 15 is 0 Å². The van der Waals surface area contributed by atoms with Gasteiger partial charge in [0.1, 0.15) is 12.9 Å². The van der Waals surface area contributed by atoms with Crippen molar-refractivity contribution >= 4 is 17.9 Å². The fourth-order valence-corrected chi connectivity index (χ4v) is 3.54. The predicted octanol–water partition coefficient (Wildman–Crippen LogP) is 3.54. The third-order valence-corrected chi connectivity index (χ3v) is 4.77. The van der Waals surface area contributed by atoms with E-state index in [1.54, 1.807) is 0 Å². The lowest BCUT2D eigenvalue weighted by Gasteiger charge is -2.15. The number of carboxylic acids is 1. The van der Waals surface area contributed by atoms with Crippen LogP contribution < -0.4 is 10.1 Å². The molecule has 8 nitrogen and oxygen atoms in total. The molecular weight excluding hydrogens is 374 g/mol. The van der Waals surface area contributed by atoms with Crippen molar-refractivity contribution in [3.05, 3.63) is 71.7 Å². The summed E-state index contributed by atoms with van der Waals surface area (Å²) in [6.45, 7) is 0.124. The van der Waals surface area contributed by atoms with Crippen molar-refractivity contribution in [1.82, 2.24) is 9.97 Å². The molecule has 1 heterocycles. The van der Waals surface area contributed by atoms with Crippen LogP contribution in [0.25, 0.3) is 11.1 Å². The highest BCUT2D eigenvalue weighted by Crippen LogP contribution is 2.44. The van der Waals surface area contributed by atoms with Gasteiger partial charge >= 0.3 is 12.1 Å². The lowest BCUT2D eigenvalue weighted by Crippen LogP contribution is -2.19. The Morgan fingerprint density at radius 2 is 1.66 bits per heavy atom. The molecule has 0 atom stereocenters. The average Bonchev–Trinajstić information content (AvgIpc) is 3.06. The number of fused-ring (bicyclic) bond motifs is 3. The molecule has 0 saturated heterocycles. The summed E-state index contributed by atoms with van der Waals surface area (Å²) in [5, 5.41) is 11.6. The number of aromatic carboxylic acids is 1. The molecule has 8 heteroatoms. The summed E-state index contributed by atoms with van der Waals surface area (Å²) in [7, 11) is 1.27. The number of benzene rings is 2. The van der Waals surface area contributed by atoms with Gasteiger partial charge in [0.25, 0.3) is 0 Å². The van der Waals surface area contributed by atoms with Crippen LogP contribution in [0.5, 0.6) is 5.75 Å². The largest absolute Gasteiger partial charge is 0.491 e. The Labute approximate surface area is 166 Å². The van der Waals surface area contributed by atoms with Crippen molar-refractivity contribution < 1.29 is 24.2 Å². The molecule has 4 rings (SSSR count). The topological polar surface area (TPSA) is 111 Å². The first kappa shape index (κ1) is 18.4. The molecule has 1 aliphatic rings. The molecule has 0 fully saturated rings. The first-order chi connectivity index (χ1) is 14.1. The van der Waals surface area contributed by atoms with Gasteiger partial charge in [-0.2, -0.15) is 0 Å². The third kappa shape index (κ3) is 3.36. The molecule has 146 valence electrons. The minimum absolute atomic E-state index is 0.0721. The number of nitrogens with zero attached hydrogens (tertiary/aromatic N) is 2. The monoisotopic (exact) mass is 391 g/mol. The van der Waals surface area contributed by atoms with Gasteiger partial charge in [-0.1, -0.05) is 48.5 Å². The number of amides is 1. The maximum atomic E-state index is 12.3. The van der Waals surface area contributed by atoms with Gasteiger partial charge < -0.3 is 14.6 Å². The highest BCUT2D eigenvalue weighted by atomic mass is 16.5. The molecule has 0 spiro atoms. The molecule has 2 aromatic carbocycles. The second-order valence-corrected chi connectivity index (χ2v) is 6.36. The van der Waals surface area contributed by atoms with E-state index in [0.717, 1.165) is 28.6 Å². The molecule has 0 saturated carbocycles. The van der Waals surface area contributed by atoms with Crippen molar-refractivity contribution in [2.45, 2.75) is 5.92 Å². The zero-order valence-corrected chi connectivity index (χ0v) is 15.5. The van der Waals surface area contributed by atoms with Crippen molar-refractivity contribution in [1.29, 1.82) is 0 Å². The zero-order valence-electron chi connectivity index (χ0n) is 15.5. The van der Waals surface area contributed by atoms with Crippen molar-refractivity contribution in [2.75, 3.05) is 19.0 Å². The van der Waals surface area contributed by atoms with E-state index in [-0.39, 0.29) is 29.8 Å². The molecule has 2 N–H and O–H groups in total. The van der Waals surface area contributed by atoms with Gasteiger partial charge in [0.05, 0.1) is 7.11 Å². The Bertz CT molecular complexity index is 1050. The molecule has 0 radical (unpaired) electrons. The number of aromatic nitrogens is 2. The molecular formula is C21H17N3O5. The fraction of sp³-hybridized carbons (Fsp3) is 0.143. The number of hydrogen-bond donors (Lipinski definition) is 2. The van der Waals surface area contributed by atoms with Gasteiger partial charge in [-0.25, -0.2) is 19.6 Å². The number of rotatable bonds is 5. The normalized spacial score (nSPS) is 12.0. The minimum atomic E-state index is -1.29. The molecule has 3 aromatic rings. The number of methoxy groups -OCH3 is 1. The Morgan fingerprint density at radius 3 is 2.24 bits per heavy atom. The van der Waals surface area contributed by atoms with Crippen LogP contribution in [0.2, 0.25) is 0 Å². The Hall–Kier alpha value is -3.94. The highest BCUT2D eigenvalue weighted by molar-refractivity contribution is 5.93. The lowest BCUT2D eigenvalue weighted by atomic mass is 9.98. The van der Waals surface area contributed by atoms with Crippen LogP contribution in [0.15, 0.2) is 54.9 Å². The third-order valence-electron chi connectivity index (χ3n) is 4.77. The number of anilines is 1. The molecule has 0 aliphatic heterocycles. The van der Waals surface area contributed by atoms with Crippen molar-refractivity contribution in [2.24, 2.45) is 0 Å². The van der Waals surface area contributed by atoms with E-state index in [1.807, 2.05) is 48.5 Å². The maximum absolute atomic E-state index is 12.3. The molecule has 1 aliphatic carbocycles. The molecule has 0 bridgehead atoms. The maximum Gasteiger partial charge on any atom is 0.412 e. The van der Waals surface area contributed by atoms with Crippen LogP contribution in [-0.2, 0) is 4.74 Å². The van der Waals surface area contributed by atoms with Gasteiger partial charge in [0.2, 0.25) is 0 Å². The predicted molar refractivity (Wildman–Crippen MR) is 104 cm³/mol. The van der Waals surface area contributed by atoms with Crippen molar-refractivity contribution in [3.63, 3.8) is 0 Å². The first-order valence-electron chi connectivity index (χ1n) is 8.84. The van der Waals surface area contributed by atoms with Gasteiger partial charge in [0, 0.05) is 5.92 Å². The Kier molecular flexibility index (Phi) is 4.82. The Morgan fingerprint density at radius 1 is 1.03 bits per heavy atom. The smallest absolute Gasteiger partial charge is 0.412 e. The second kappa shape index (κ2) is 7.59. The summed E-state index contributed by atoms with van der Waals surface area (Å²) in [6.07, 6.45) is 0.269. The number of carbonyl (C=O) groups is 2. The van der Waals surface area contributed by atoms with E-state index in [4.69, 9.17) is 9.47 Å². The molecule has 1 aromatic heterocycles. The Balaban J connectivity index is 1.52. The second-order valence-electron chi connectivity index (χ2n) is 6.36. The van der Waals surface area contributed by atoms with E-state index in [9.17, 15) is 14.7 Å².